The maximum Gasteiger partial charge on any atom is 0.278 e. The number of amides is 1. The lowest BCUT2D eigenvalue weighted by molar-refractivity contribution is 0.102. The highest BCUT2D eigenvalue weighted by molar-refractivity contribution is 6.30. The molecular formula is C18H15ClN2O2. The van der Waals surface area contributed by atoms with Gasteiger partial charge in [0.15, 0.2) is 17.8 Å². The van der Waals surface area contributed by atoms with Crippen LogP contribution in [0.5, 0.6) is 0 Å². The fourth-order valence-corrected chi connectivity index (χ4v) is 2.62. The third-order valence-corrected chi connectivity index (χ3v) is 3.82. The molecule has 1 heterocycles. The van der Waals surface area contributed by atoms with Crippen molar-refractivity contribution in [3.63, 3.8) is 0 Å². The predicted octanol–water partition coefficient (Wildman–Crippen LogP) is 4.86. The first-order valence-corrected chi connectivity index (χ1v) is 7.51. The Morgan fingerprint density at radius 2 is 1.83 bits per heavy atom. The van der Waals surface area contributed by atoms with Crippen molar-refractivity contribution in [2.24, 2.45) is 0 Å². The Labute approximate surface area is 139 Å². The molecule has 3 aromatic rings. The third-order valence-electron chi connectivity index (χ3n) is 3.59. The molecule has 1 amide bonds. The first-order valence-electron chi connectivity index (χ1n) is 7.13. The van der Waals surface area contributed by atoms with E-state index in [0.717, 1.165) is 16.8 Å². The number of anilines is 1. The SMILES string of the molecule is Cc1cccc(C)c1NC(=O)c1ncoc1-c1cccc(Cl)c1. The highest BCUT2D eigenvalue weighted by Gasteiger charge is 2.19. The summed E-state index contributed by atoms with van der Waals surface area (Å²) in [4.78, 5) is 16.6. The van der Waals surface area contributed by atoms with Crippen molar-refractivity contribution in [3.8, 4) is 11.3 Å². The van der Waals surface area contributed by atoms with Crippen LogP contribution < -0.4 is 5.32 Å². The Morgan fingerprint density at radius 3 is 2.52 bits per heavy atom. The van der Waals surface area contributed by atoms with Gasteiger partial charge in [-0.3, -0.25) is 4.79 Å². The van der Waals surface area contributed by atoms with Gasteiger partial charge in [-0.05, 0) is 37.1 Å². The number of nitrogens with zero attached hydrogens (tertiary/aromatic N) is 1. The van der Waals surface area contributed by atoms with Gasteiger partial charge in [-0.2, -0.15) is 0 Å². The number of rotatable bonds is 3. The summed E-state index contributed by atoms with van der Waals surface area (Å²) in [5.74, 6) is 0.0855. The second kappa shape index (κ2) is 6.26. The van der Waals surface area contributed by atoms with Crippen LogP contribution in [0.25, 0.3) is 11.3 Å². The number of aromatic nitrogens is 1. The Bertz CT molecular complexity index is 851. The first-order chi connectivity index (χ1) is 11.1. The van der Waals surface area contributed by atoms with E-state index >= 15 is 0 Å². The highest BCUT2D eigenvalue weighted by Crippen LogP contribution is 2.27. The smallest absolute Gasteiger partial charge is 0.278 e. The summed E-state index contributed by atoms with van der Waals surface area (Å²) >= 11 is 6.00. The summed E-state index contributed by atoms with van der Waals surface area (Å²) in [5, 5.41) is 3.48. The summed E-state index contributed by atoms with van der Waals surface area (Å²) in [6, 6.07) is 13.0. The van der Waals surface area contributed by atoms with Gasteiger partial charge >= 0.3 is 0 Å². The molecular weight excluding hydrogens is 312 g/mol. The lowest BCUT2D eigenvalue weighted by Gasteiger charge is -2.10. The van der Waals surface area contributed by atoms with Crippen LogP contribution in [-0.2, 0) is 0 Å². The number of carbonyl (C=O) groups excluding carboxylic acids is 1. The van der Waals surface area contributed by atoms with Gasteiger partial charge in [-0.1, -0.05) is 41.9 Å². The van der Waals surface area contributed by atoms with E-state index in [1.165, 1.54) is 6.39 Å². The van der Waals surface area contributed by atoms with Crippen LogP contribution in [0.2, 0.25) is 5.02 Å². The third kappa shape index (κ3) is 3.12. The second-order valence-electron chi connectivity index (χ2n) is 5.26. The molecule has 0 radical (unpaired) electrons. The molecule has 2 aromatic carbocycles. The maximum atomic E-state index is 12.6. The molecule has 0 saturated heterocycles. The highest BCUT2D eigenvalue weighted by atomic mass is 35.5. The molecule has 0 aliphatic heterocycles. The Kier molecular flexibility index (Phi) is 4.17. The summed E-state index contributed by atoms with van der Waals surface area (Å²) in [6.07, 6.45) is 1.26. The summed E-state index contributed by atoms with van der Waals surface area (Å²) in [7, 11) is 0. The average Bonchev–Trinajstić information content (AvgIpc) is 3.00. The van der Waals surface area contributed by atoms with Crippen LogP contribution in [0, 0.1) is 13.8 Å². The normalized spacial score (nSPS) is 10.6. The van der Waals surface area contributed by atoms with Crippen molar-refractivity contribution < 1.29 is 9.21 Å². The number of carbonyl (C=O) groups is 1. The van der Waals surface area contributed by atoms with E-state index < -0.39 is 0 Å². The molecule has 1 aromatic heterocycles. The molecule has 0 aliphatic carbocycles. The predicted molar refractivity (Wildman–Crippen MR) is 90.8 cm³/mol. The van der Waals surface area contributed by atoms with Crippen LogP contribution in [0.15, 0.2) is 53.3 Å². The Hall–Kier alpha value is -2.59. The Balaban J connectivity index is 1.94. The number of aryl methyl sites for hydroxylation is 2. The van der Waals surface area contributed by atoms with E-state index in [1.807, 2.05) is 38.1 Å². The van der Waals surface area contributed by atoms with Crippen LogP contribution in [-0.4, -0.2) is 10.9 Å². The topological polar surface area (TPSA) is 55.1 Å². The zero-order valence-electron chi connectivity index (χ0n) is 12.8. The summed E-state index contributed by atoms with van der Waals surface area (Å²) in [6.45, 7) is 3.90. The summed E-state index contributed by atoms with van der Waals surface area (Å²) in [5.41, 5.74) is 3.71. The van der Waals surface area contributed by atoms with Gasteiger partial charge in [0.2, 0.25) is 0 Å². The molecule has 5 heteroatoms. The van der Waals surface area contributed by atoms with Crippen molar-refractivity contribution in [1.82, 2.24) is 4.98 Å². The second-order valence-corrected chi connectivity index (χ2v) is 5.70. The molecule has 0 fully saturated rings. The van der Waals surface area contributed by atoms with Crippen molar-refractivity contribution in [2.45, 2.75) is 13.8 Å². The molecule has 3 rings (SSSR count). The monoisotopic (exact) mass is 326 g/mol. The van der Waals surface area contributed by atoms with Gasteiger partial charge < -0.3 is 9.73 Å². The van der Waals surface area contributed by atoms with E-state index in [4.69, 9.17) is 16.0 Å². The van der Waals surface area contributed by atoms with Gasteiger partial charge in [-0.25, -0.2) is 4.98 Å². The number of para-hydroxylation sites is 1. The van der Waals surface area contributed by atoms with Gasteiger partial charge in [0.05, 0.1) is 0 Å². The molecule has 23 heavy (non-hydrogen) atoms. The zero-order chi connectivity index (χ0) is 16.4. The molecule has 0 unspecified atom stereocenters. The lowest BCUT2D eigenvalue weighted by Crippen LogP contribution is -2.15. The molecule has 116 valence electrons. The lowest BCUT2D eigenvalue weighted by atomic mass is 10.1. The molecule has 1 N–H and O–H groups in total. The Morgan fingerprint density at radius 1 is 1.13 bits per heavy atom. The number of halogens is 1. The van der Waals surface area contributed by atoms with Crippen molar-refractivity contribution >= 4 is 23.2 Å². The standard InChI is InChI=1S/C18H15ClN2O2/c1-11-5-3-6-12(2)15(11)21-18(22)16-17(23-10-20-16)13-7-4-8-14(19)9-13/h3-10H,1-2H3,(H,21,22). The largest absolute Gasteiger partial charge is 0.443 e. The summed E-state index contributed by atoms with van der Waals surface area (Å²) < 4.78 is 5.39. The maximum absolute atomic E-state index is 12.6. The fraction of sp³-hybridized carbons (Fsp3) is 0.111. The molecule has 0 bridgehead atoms. The molecule has 0 atom stereocenters. The zero-order valence-corrected chi connectivity index (χ0v) is 13.5. The molecule has 4 nitrogen and oxygen atoms in total. The van der Waals surface area contributed by atoms with Gasteiger partial charge in [0.25, 0.3) is 5.91 Å². The van der Waals surface area contributed by atoms with Gasteiger partial charge in [-0.15, -0.1) is 0 Å². The van der Waals surface area contributed by atoms with E-state index in [0.29, 0.717) is 16.3 Å². The molecule has 0 saturated carbocycles. The number of hydrogen-bond donors (Lipinski definition) is 1. The minimum atomic E-state index is -0.314. The van der Waals surface area contributed by atoms with E-state index in [9.17, 15) is 4.79 Å². The van der Waals surface area contributed by atoms with Crippen LogP contribution in [0.1, 0.15) is 21.6 Å². The number of benzene rings is 2. The number of nitrogens with one attached hydrogen (secondary N) is 1. The quantitative estimate of drug-likeness (QED) is 0.747. The molecule has 0 aliphatic rings. The minimum absolute atomic E-state index is 0.231. The van der Waals surface area contributed by atoms with E-state index in [2.05, 4.69) is 10.3 Å². The van der Waals surface area contributed by atoms with E-state index in [-0.39, 0.29) is 11.6 Å². The van der Waals surface area contributed by atoms with Crippen LogP contribution in [0.4, 0.5) is 5.69 Å². The van der Waals surface area contributed by atoms with E-state index in [1.54, 1.807) is 18.2 Å². The number of oxazole rings is 1. The fourth-order valence-electron chi connectivity index (χ4n) is 2.43. The van der Waals surface area contributed by atoms with Crippen LogP contribution >= 0.6 is 11.6 Å². The average molecular weight is 327 g/mol. The van der Waals surface area contributed by atoms with Gasteiger partial charge in [0.1, 0.15) is 0 Å². The van der Waals surface area contributed by atoms with Crippen molar-refractivity contribution in [1.29, 1.82) is 0 Å². The first kappa shape index (κ1) is 15.3. The molecule has 0 spiro atoms. The minimum Gasteiger partial charge on any atom is -0.443 e. The van der Waals surface area contributed by atoms with Crippen LogP contribution in [0.3, 0.4) is 0 Å². The van der Waals surface area contributed by atoms with Gasteiger partial charge in [0, 0.05) is 16.3 Å². The number of hydrogen-bond acceptors (Lipinski definition) is 3. The van der Waals surface area contributed by atoms with Crippen molar-refractivity contribution in [2.75, 3.05) is 5.32 Å². The van der Waals surface area contributed by atoms with Crippen molar-refractivity contribution in [3.05, 3.63) is 70.7 Å².